The van der Waals surface area contributed by atoms with Gasteiger partial charge in [-0.1, -0.05) is 0 Å². The highest BCUT2D eigenvalue weighted by Gasteiger charge is 1.99. The Bertz CT molecular complexity index is 374. The molecule has 7 heteroatoms. The molecule has 0 atom stereocenters. The van der Waals surface area contributed by atoms with Crippen molar-refractivity contribution in [2.75, 3.05) is 26.8 Å². The number of nitrogens with one attached hydrogen (secondary N) is 2. The van der Waals surface area contributed by atoms with Gasteiger partial charge in [0.1, 0.15) is 0 Å². The lowest BCUT2D eigenvalue weighted by atomic mass is 10.4. The van der Waals surface area contributed by atoms with E-state index in [1.807, 2.05) is 0 Å². The summed E-state index contributed by atoms with van der Waals surface area (Å²) in [6.45, 7) is 5.27. The number of rotatable bonds is 7. The first-order valence-electron chi connectivity index (χ1n) is 6.01. The molecule has 0 aliphatic heterocycles. The Balaban J connectivity index is 0.00000324. The quantitative estimate of drug-likeness (QED) is 0.283. The summed E-state index contributed by atoms with van der Waals surface area (Å²) in [6, 6.07) is 4.14. The Hall–Kier alpha value is 0.140. The Morgan fingerprint density at radius 3 is 2.79 bits per heavy atom. The fourth-order valence-corrected chi connectivity index (χ4v) is 2.77. The topological polar surface area (TPSA) is 45.7 Å². The third-order valence-electron chi connectivity index (χ3n) is 2.18. The van der Waals surface area contributed by atoms with Gasteiger partial charge in [-0.15, -0.1) is 35.3 Å². The first-order chi connectivity index (χ1) is 8.76. The lowest BCUT2D eigenvalue weighted by molar-refractivity contribution is 0.195. The van der Waals surface area contributed by atoms with E-state index in [2.05, 4.69) is 50.6 Å². The zero-order chi connectivity index (χ0) is 13.2. The summed E-state index contributed by atoms with van der Waals surface area (Å²) < 4.78 is 6.16. The molecule has 0 aliphatic carbocycles. The van der Waals surface area contributed by atoms with Crippen molar-refractivity contribution in [3.05, 3.63) is 20.8 Å². The van der Waals surface area contributed by atoms with Gasteiger partial charge < -0.3 is 15.4 Å². The van der Waals surface area contributed by atoms with Crippen molar-refractivity contribution in [2.24, 2.45) is 4.99 Å². The van der Waals surface area contributed by atoms with Crippen LogP contribution in [-0.2, 0) is 11.3 Å². The maximum atomic E-state index is 5.01. The van der Waals surface area contributed by atoms with Crippen molar-refractivity contribution >= 4 is 57.2 Å². The number of nitrogens with zero attached hydrogens (tertiary/aromatic N) is 1. The number of hydrogen-bond donors (Lipinski definition) is 2. The summed E-state index contributed by atoms with van der Waals surface area (Å²) in [5.74, 6) is 0.859. The molecule has 0 bridgehead atoms. The predicted octanol–water partition coefficient (Wildman–Crippen LogP) is 3.22. The number of halogens is 2. The summed E-state index contributed by atoms with van der Waals surface area (Å²) in [6.07, 6.45) is 0.978. The van der Waals surface area contributed by atoms with Crippen LogP contribution < -0.4 is 10.6 Å². The van der Waals surface area contributed by atoms with Crippen molar-refractivity contribution in [3.63, 3.8) is 0 Å². The Morgan fingerprint density at radius 2 is 2.21 bits per heavy atom. The van der Waals surface area contributed by atoms with Gasteiger partial charge in [0, 0.05) is 31.7 Å². The average Bonchev–Trinajstić information content (AvgIpc) is 2.77. The lowest BCUT2D eigenvalue weighted by Gasteiger charge is -2.10. The number of guanidine groups is 1. The number of ether oxygens (including phenoxy) is 1. The van der Waals surface area contributed by atoms with Crippen LogP contribution in [0.25, 0.3) is 0 Å². The standard InChI is InChI=1S/C12H20BrN3OS.HI/c1-3-14-12(15-7-4-8-17-2)16-9-10-5-6-11(13)18-10;/h5-6H,3-4,7-9H2,1-2H3,(H2,14,15,16);1H. The molecular formula is C12H21BrIN3OS. The normalized spacial score (nSPS) is 11.0. The number of aliphatic imine (C=N–C) groups is 1. The lowest BCUT2D eigenvalue weighted by Crippen LogP contribution is -2.38. The molecule has 1 aromatic rings. The number of methoxy groups -OCH3 is 1. The molecule has 0 aliphatic rings. The van der Waals surface area contributed by atoms with Crippen molar-refractivity contribution in [1.29, 1.82) is 0 Å². The molecule has 0 unspecified atom stereocenters. The SMILES string of the molecule is CCNC(=NCc1ccc(Br)s1)NCCCOC.I. The van der Waals surface area contributed by atoms with Gasteiger partial charge in [0.05, 0.1) is 10.3 Å². The van der Waals surface area contributed by atoms with Crippen molar-refractivity contribution in [2.45, 2.75) is 19.9 Å². The monoisotopic (exact) mass is 461 g/mol. The second-order valence-electron chi connectivity index (χ2n) is 3.67. The highest BCUT2D eigenvalue weighted by molar-refractivity contribution is 14.0. The highest BCUT2D eigenvalue weighted by Crippen LogP contribution is 2.22. The van der Waals surface area contributed by atoms with Gasteiger partial charge in [-0.05, 0) is 41.4 Å². The number of hydrogen-bond acceptors (Lipinski definition) is 3. The zero-order valence-corrected chi connectivity index (χ0v) is 16.0. The Kier molecular flexibility index (Phi) is 12.0. The molecule has 0 fully saturated rings. The molecule has 0 spiro atoms. The minimum absolute atomic E-state index is 0. The van der Waals surface area contributed by atoms with Gasteiger partial charge in [-0.2, -0.15) is 0 Å². The van der Waals surface area contributed by atoms with Crippen LogP contribution in [0.2, 0.25) is 0 Å². The summed E-state index contributed by atoms with van der Waals surface area (Å²) in [4.78, 5) is 5.78. The Labute approximate surface area is 144 Å². The molecule has 0 amide bonds. The molecular weight excluding hydrogens is 441 g/mol. The summed E-state index contributed by atoms with van der Waals surface area (Å²) in [5.41, 5.74) is 0. The van der Waals surface area contributed by atoms with Crippen LogP contribution in [-0.4, -0.2) is 32.8 Å². The van der Waals surface area contributed by atoms with Crippen LogP contribution in [0.15, 0.2) is 20.9 Å². The van der Waals surface area contributed by atoms with Crippen LogP contribution in [0.5, 0.6) is 0 Å². The minimum atomic E-state index is 0. The summed E-state index contributed by atoms with van der Waals surface area (Å²) in [7, 11) is 1.72. The third-order valence-corrected chi connectivity index (χ3v) is 3.79. The average molecular weight is 462 g/mol. The van der Waals surface area contributed by atoms with Gasteiger partial charge in [-0.25, -0.2) is 4.99 Å². The predicted molar refractivity (Wildman–Crippen MR) is 96.7 cm³/mol. The van der Waals surface area contributed by atoms with Crippen molar-refractivity contribution in [1.82, 2.24) is 10.6 Å². The van der Waals surface area contributed by atoms with Gasteiger partial charge in [-0.3, -0.25) is 0 Å². The largest absolute Gasteiger partial charge is 0.385 e. The second kappa shape index (κ2) is 11.9. The molecule has 1 heterocycles. The van der Waals surface area contributed by atoms with Gasteiger partial charge in [0.2, 0.25) is 0 Å². The van der Waals surface area contributed by atoms with Gasteiger partial charge in [0.25, 0.3) is 0 Å². The molecule has 0 saturated carbocycles. The van der Waals surface area contributed by atoms with Crippen LogP contribution >= 0.6 is 51.2 Å². The van der Waals surface area contributed by atoms with E-state index in [1.54, 1.807) is 18.4 Å². The van der Waals surface area contributed by atoms with E-state index >= 15 is 0 Å². The minimum Gasteiger partial charge on any atom is -0.385 e. The third kappa shape index (κ3) is 8.83. The van der Waals surface area contributed by atoms with E-state index in [4.69, 9.17) is 4.74 Å². The first kappa shape index (κ1) is 19.1. The van der Waals surface area contributed by atoms with E-state index in [9.17, 15) is 0 Å². The molecule has 4 nitrogen and oxygen atoms in total. The molecule has 0 saturated heterocycles. The molecule has 0 radical (unpaired) electrons. The maximum Gasteiger partial charge on any atom is 0.191 e. The molecule has 0 aromatic carbocycles. The first-order valence-corrected chi connectivity index (χ1v) is 7.62. The van der Waals surface area contributed by atoms with E-state index < -0.39 is 0 Å². The van der Waals surface area contributed by atoms with Gasteiger partial charge in [0.15, 0.2) is 5.96 Å². The van der Waals surface area contributed by atoms with Crippen LogP contribution in [0.1, 0.15) is 18.2 Å². The maximum absolute atomic E-state index is 5.01. The van der Waals surface area contributed by atoms with Gasteiger partial charge >= 0.3 is 0 Å². The highest BCUT2D eigenvalue weighted by atomic mass is 127. The Morgan fingerprint density at radius 1 is 1.42 bits per heavy atom. The smallest absolute Gasteiger partial charge is 0.191 e. The molecule has 110 valence electrons. The van der Waals surface area contributed by atoms with E-state index in [-0.39, 0.29) is 24.0 Å². The van der Waals surface area contributed by atoms with E-state index in [1.165, 1.54) is 4.88 Å². The van der Waals surface area contributed by atoms with Crippen LogP contribution in [0.3, 0.4) is 0 Å². The molecule has 1 aromatic heterocycles. The molecule has 19 heavy (non-hydrogen) atoms. The molecule has 1 rings (SSSR count). The fraction of sp³-hybridized carbons (Fsp3) is 0.583. The van der Waals surface area contributed by atoms with Crippen LogP contribution in [0.4, 0.5) is 0 Å². The second-order valence-corrected chi connectivity index (χ2v) is 6.22. The van der Waals surface area contributed by atoms with Crippen molar-refractivity contribution in [3.8, 4) is 0 Å². The van der Waals surface area contributed by atoms with Crippen LogP contribution in [0, 0.1) is 0 Å². The fourth-order valence-electron chi connectivity index (χ4n) is 1.36. The van der Waals surface area contributed by atoms with E-state index in [0.717, 1.165) is 35.9 Å². The summed E-state index contributed by atoms with van der Waals surface area (Å²) in [5, 5.41) is 6.51. The van der Waals surface area contributed by atoms with E-state index in [0.29, 0.717) is 6.54 Å². The zero-order valence-electron chi connectivity index (χ0n) is 11.2. The molecule has 2 N–H and O–H groups in total. The number of thiophene rings is 1. The van der Waals surface area contributed by atoms with Crippen molar-refractivity contribution < 1.29 is 4.74 Å². The summed E-state index contributed by atoms with van der Waals surface area (Å²) >= 11 is 5.17.